The van der Waals surface area contributed by atoms with Crippen molar-refractivity contribution in [1.29, 1.82) is 0 Å². The molecule has 3 nitrogen and oxygen atoms in total. The van der Waals surface area contributed by atoms with Gasteiger partial charge in [0.25, 0.3) is 0 Å². The SMILES string of the molecule is CNC(c1sccc1C)c1ccnn1C. The highest BCUT2D eigenvalue weighted by Crippen LogP contribution is 2.28. The topological polar surface area (TPSA) is 29.9 Å². The molecule has 1 unspecified atom stereocenters. The molecule has 80 valence electrons. The Morgan fingerprint density at radius 3 is 2.73 bits per heavy atom. The third-order valence-corrected chi connectivity index (χ3v) is 3.69. The van der Waals surface area contributed by atoms with Crippen LogP contribution in [0.25, 0.3) is 0 Å². The number of rotatable bonds is 3. The van der Waals surface area contributed by atoms with Gasteiger partial charge >= 0.3 is 0 Å². The van der Waals surface area contributed by atoms with Crippen LogP contribution in [0.5, 0.6) is 0 Å². The van der Waals surface area contributed by atoms with E-state index in [1.165, 1.54) is 16.1 Å². The van der Waals surface area contributed by atoms with Gasteiger partial charge in [-0.2, -0.15) is 5.10 Å². The maximum absolute atomic E-state index is 4.21. The summed E-state index contributed by atoms with van der Waals surface area (Å²) >= 11 is 1.79. The third-order valence-electron chi connectivity index (χ3n) is 2.61. The van der Waals surface area contributed by atoms with E-state index in [0.717, 1.165) is 0 Å². The number of thiophene rings is 1. The fraction of sp³-hybridized carbons (Fsp3) is 0.364. The lowest BCUT2D eigenvalue weighted by Crippen LogP contribution is -2.20. The van der Waals surface area contributed by atoms with E-state index in [0.29, 0.717) is 0 Å². The zero-order valence-electron chi connectivity index (χ0n) is 9.19. The first-order valence-corrected chi connectivity index (χ1v) is 5.81. The monoisotopic (exact) mass is 221 g/mol. The predicted molar refractivity (Wildman–Crippen MR) is 63.2 cm³/mol. The van der Waals surface area contributed by atoms with E-state index < -0.39 is 0 Å². The predicted octanol–water partition coefficient (Wildman–Crippen LogP) is 2.10. The van der Waals surface area contributed by atoms with Crippen molar-refractivity contribution in [3.63, 3.8) is 0 Å². The molecule has 0 aliphatic heterocycles. The zero-order valence-corrected chi connectivity index (χ0v) is 10.0. The molecule has 2 heterocycles. The maximum Gasteiger partial charge on any atom is 0.0841 e. The molecule has 1 atom stereocenters. The molecule has 0 fully saturated rings. The van der Waals surface area contributed by atoms with Gasteiger partial charge in [-0.3, -0.25) is 4.68 Å². The first-order chi connectivity index (χ1) is 7.24. The number of aryl methyl sites for hydroxylation is 2. The van der Waals surface area contributed by atoms with Crippen LogP contribution < -0.4 is 5.32 Å². The minimum absolute atomic E-state index is 0.248. The fourth-order valence-corrected chi connectivity index (χ4v) is 2.81. The van der Waals surface area contributed by atoms with Gasteiger partial charge in [0.15, 0.2) is 0 Å². The summed E-state index contributed by atoms with van der Waals surface area (Å²) in [5.41, 5.74) is 2.53. The van der Waals surface area contributed by atoms with Gasteiger partial charge in [-0.05, 0) is 37.0 Å². The molecule has 4 heteroatoms. The highest BCUT2D eigenvalue weighted by atomic mass is 32.1. The summed E-state index contributed by atoms with van der Waals surface area (Å²) in [6.07, 6.45) is 1.84. The summed E-state index contributed by atoms with van der Waals surface area (Å²) in [5.74, 6) is 0. The summed E-state index contributed by atoms with van der Waals surface area (Å²) in [6.45, 7) is 2.15. The lowest BCUT2D eigenvalue weighted by atomic mass is 10.1. The van der Waals surface area contributed by atoms with Crippen LogP contribution in [-0.2, 0) is 7.05 Å². The molecular formula is C11H15N3S. The molecule has 0 amide bonds. The van der Waals surface area contributed by atoms with Crippen molar-refractivity contribution in [2.24, 2.45) is 7.05 Å². The summed E-state index contributed by atoms with van der Waals surface area (Å²) < 4.78 is 1.92. The van der Waals surface area contributed by atoms with Gasteiger partial charge < -0.3 is 5.32 Å². The minimum atomic E-state index is 0.248. The maximum atomic E-state index is 4.21. The molecule has 2 aromatic rings. The van der Waals surface area contributed by atoms with Crippen LogP contribution in [0.3, 0.4) is 0 Å². The lowest BCUT2D eigenvalue weighted by Gasteiger charge is -2.16. The molecule has 0 aliphatic rings. The molecular weight excluding hydrogens is 206 g/mol. The van der Waals surface area contributed by atoms with Crippen LogP contribution in [0.15, 0.2) is 23.7 Å². The van der Waals surface area contributed by atoms with Crippen LogP contribution in [0, 0.1) is 6.92 Å². The number of nitrogens with one attached hydrogen (secondary N) is 1. The molecule has 0 bridgehead atoms. The van der Waals surface area contributed by atoms with Crippen molar-refractivity contribution in [3.8, 4) is 0 Å². The quantitative estimate of drug-likeness (QED) is 0.860. The van der Waals surface area contributed by atoms with Gasteiger partial charge in [0.1, 0.15) is 0 Å². The van der Waals surface area contributed by atoms with Gasteiger partial charge in [0, 0.05) is 18.1 Å². The molecule has 0 aliphatic carbocycles. The standard InChI is InChI=1S/C11H15N3S/c1-8-5-7-15-11(8)10(12-2)9-4-6-13-14(9)3/h4-7,10,12H,1-3H3. The Hall–Kier alpha value is -1.13. The molecule has 0 radical (unpaired) electrons. The number of aromatic nitrogens is 2. The Kier molecular flexibility index (Phi) is 2.88. The van der Waals surface area contributed by atoms with E-state index in [1.807, 2.05) is 25.0 Å². The Morgan fingerprint density at radius 1 is 1.47 bits per heavy atom. The van der Waals surface area contributed by atoms with E-state index in [2.05, 4.69) is 34.9 Å². The average Bonchev–Trinajstić information content (AvgIpc) is 2.80. The van der Waals surface area contributed by atoms with E-state index in [9.17, 15) is 0 Å². The van der Waals surface area contributed by atoms with Crippen LogP contribution in [0.1, 0.15) is 22.2 Å². The summed E-state index contributed by atoms with van der Waals surface area (Å²) in [6, 6.07) is 4.46. The van der Waals surface area contributed by atoms with Crippen molar-refractivity contribution in [2.75, 3.05) is 7.05 Å². The Bertz CT molecular complexity index is 404. The van der Waals surface area contributed by atoms with E-state index in [1.54, 1.807) is 11.3 Å². The summed E-state index contributed by atoms with van der Waals surface area (Å²) in [4.78, 5) is 1.36. The minimum Gasteiger partial charge on any atom is -0.307 e. The molecule has 0 saturated heterocycles. The smallest absolute Gasteiger partial charge is 0.0841 e. The Morgan fingerprint density at radius 2 is 2.27 bits per heavy atom. The van der Waals surface area contributed by atoms with Crippen molar-refractivity contribution in [1.82, 2.24) is 15.1 Å². The summed E-state index contributed by atoms with van der Waals surface area (Å²) in [7, 11) is 3.96. The third kappa shape index (κ3) is 1.82. The summed E-state index contributed by atoms with van der Waals surface area (Å²) in [5, 5.41) is 9.67. The number of nitrogens with zero attached hydrogens (tertiary/aromatic N) is 2. The van der Waals surface area contributed by atoms with Crippen LogP contribution in [0.4, 0.5) is 0 Å². The number of hydrogen-bond acceptors (Lipinski definition) is 3. The molecule has 0 saturated carbocycles. The average molecular weight is 221 g/mol. The number of hydrogen-bond donors (Lipinski definition) is 1. The van der Waals surface area contributed by atoms with Gasteiger partial charge in [-0.1, -0.05) is 0 Å². The first kappa shape index (κ1) is 10.4. The van der Waals surface area contributed by atoms with E-state index >= 15 is 0 Å². The van der Waals surface area contributed by atoms with Crippen LogP contribution >= 0.6 is 11.3 Å². The van der Waals surface area contributed by atoms with Gasteiger partial charge in [0.2, 0.25) is 0 Å². The van der Waals surface area contributed by atoms with Crippen molar-refractivity contribution in [3.05, 3.63) is 39.8 Å². The molecule has 0 aromatic carbocycles. The van der Waals surface area contributed by atoms with Crippen molar-refractivity contribution >= 4 is 11.3 Å². The molecule has 2 aromatic heterocycles. The van der Waals surface area contributed by atoms with E-state index in [4.69, 9.17) is 0 Å². The second-order valence-corrected chi connectivity index (χ2v) is 4.52. The van der Waals surface area contributed by atoms with Crippen LogP contribution in [-0.4, -0.2) is 16.8 Å². The largest absolute Gasteiger partial charge is 0.307 e. The highest BCUT2D eigenvalue weighted by molar-refractivity contribution is 7.10. The van der Waals surface area contributed by atoms with Gasteiger partial charge in [-0.15, -0.1) is 11.3 Å². The molecule has 15 heavy (non-hydrogen) atoms. The normalized spacial score (nSPS) is 13.0. The molecule has 2 rings (SSSR count). The molecule has 0 spiro atoms. The van der Waals surface area contributed by atoms with Crippen molar-refractivity contribution in [2.45, 2.75) is 13.0 Å². The molecule has 1 N–H and O–H groups in total. The highest BCUT2D eigenvalue weighted by Gasteiger charge is 2.17. The zero-order chi connectivity index (χ0) is 10.8. The van der Waals surface area contributed by atoms with Gasteiger partial charge in [0.05, 0.1) is 11.7 Å². The lowest BCUT2D eigenvalue weighted by molar-refractivity contribution is 0.611. The Balaban J connectivity index is 2.41. The van der Waals surface area contributed by atoms with Gasteiger partial charge in [-0.25, -0.2) is 0 Å². The fourth-order valence-electron chi connectivity index (χ4n) is 1.76. The second-order valence-electron chi connectivity index (χ2n) is 3.57. The van der Waals surface area contributed by atoms with Crippen LogP contribution in [0.2, 0.25) is 0 Å². The van der Waals surface area contributed by atoms with Crippen molar-refractivity contribution < 1.29 is 0 Å². The Labute approximate surface area is 93.7 Å². The second kappa shape index (κ2) is 4.16. The first-order valence-electron chi connectivity index (χ1n) is 4.93. The van der Waals surface area contributed by atoms with E-state index in [-0.39, 0.29) is 6.04 Å².